The summed E-state index contributed by atoms with van der Waals surface area (Å²) in [5, 5.41) is 4.43. The molecule has 0 aliphatic heterocycles. The van der Waals surface area contributed by atoms with Crippen molar-refractivity contribution in [2.75, 3.05) is 6.54 Å². The number of hydrogen-bond acceptors (Lipinski definition) is 1. The first kappa shape index (κ1) is 16.5. The lowest BCUT2D eigenvalue weighted by atomic mass is 9.96. The first-order chi connectivity index (χ1) is 10.1. The lowest BCUT2D eigenvalue weighted by Gasteiger charge is -2.21. The Hall–Kier alpha value is -0.830. The largest absolute Gasteiger partial charge is 0.310 e. The number of rotatable bonds is 6. The van der Waals surface area contributed by atoms with Crippen molar-refractivity contribution in [1.82, 2.24) is 5.32 Å². The molecule has 2 aromatic carbocycles. The Morgan fingerprint density at radius 1 is 1.19 bits per heavy atom. The summed E-state index contributed by atoms with van der Waals surface area (Å²) in [5.41, 5.74) is 3.86. The van der Waals surface area contributed by atoms with Crippen molar-refractivity contribution in [3.63, 3.8) is 0 Å². The number of benzene rings is 2. The van der Waals surface area contributed by atoms with Crippen molar-refractivity contribution >= 4 is 27.5 Å². The van der Waals surface area contributed by atoms with Crippen LogP contribution in [0.25, 0.3) is 0 Å². The van der Waals surface area contributed by atoms with Crippen LogP contribution in [0.15, 0.2) is 46.9 Å². The summed E-state index contributed by atoms with van der Waals surface area (Å²) in [6.45, 7) is 5.33. The first-order valence-electron chi connectivity index (χ1n) is 7.34. The molecule has 2 aromatic rings. The summed E-state index contributed by atoms with van der Waals surface area (Å²) in [4.78, 5) is 0. The van der Waals surface area contributed by atoms with Gasteiger partial charge in [0, 0.05) is 15.5 Å². The van der Waals surface area contributed by atoms with Gasteiger partial charge in [-0.1, -0.05) is 64.8 Å². The van der Waals surface area contributed by atoms with Gasteiger partial charge in [-0.2, -0.15) is 0 Å². The maximum absolute atomic E-state index is 6.44. The maximum Gasteiger partial charge on any atom is 0.0465 e. The van der Waals surface area contributed by atoms with Crippen LogP contribution in [0, 0.1) is 6.92 Å². The molecular weight excluding hydrogens is 346 g/mol. The number of halogens is 2. The second kappa shape index (κ2) is 7.98. The van der Waals surface area contributed by atoms with Crippen LogP contribution in [-0.4, -0.2) is 6.54 Å². The van der Waals surface area contributed by atoms with E-state index in [1.54, 1.807) is 0 Å². The zero-order valence-electron chi connectivity index (χ0n) is 12.5. The van der Waals surface area contributed by atoms with Crippen molar-refractivity contribution in [3.05, 3.63) is 68.7 Å². The lowest BCUT2D eigenvalue weighted by molar-refractivity contribution is 0.528. The molecule has 1 unspecified atom stereocenters. The van der Waals surface area contributed by atoms with Gasteiger partial charge >= 0.3 is 0 Å². The van der Waals surface area contributed by atoms with Crippen molar-refractivity contribution in [2.24, 2.45) is 0 Å². The molecule has 0 fully saturated rings. The molecule has 0 radical (unpaired) electrons. The summed E-state index contributed by atoms with van der Waals surface area (Å²) in [5.74, 6) is 0. The molecule has 0 heterocycles. The summed E-state index contributed by atoms with van der Waals surface area (Å²) >= 11 is 9.91. The van der Waals surface area contributed by atoms with Crippen LogP contribution >= 0.6 is 27.5 Å². The van der Waals surface area contributed by atoms with Gasteiger partial charge < -0.3 is 5.32 Å². The molecule has 2 rings (SSSR count). The topological polar surface area (TPSA) is 12.0 Å². The van der Waals surface area contributed by atoms with Gasteiger partial charge in [-0.3, -0.25) is 0 Å². The molecule has 0 aromatic heterocycles. The van der Waals surface area contributed by atoms with Gasteiger partial charge in [-0.25, -0.2) is 0 Å². The van der Waals surface area contributed by atoms with Crippen molar-refractivity contribution in [1.29, 1.82) is 0 Å². The second-order valence-electron chi connectivity index (χ2n) is 5.30. The summed E-state index contributed by atoms with van der Waals surface area (Å²) < 4.78 is 1.02. The second-order valence-corrected chi connectivity index (χ2v) is 6.63. The van der Waals surface area contributed by atoms with Gasteiger partial charge in [0.25, 0.3) is 0 Å². The molecule has 0 saturated heterocycles. The number of aryl methyl sites for hydroxylation is 1. The van der Waals surface area contributed by atoms with Gasteiger partial charge in [0.1, 0.15) is 0 Å². The van der Waals surface area contributed by atoms with Crippen LogP contribution in [-0.2, 0) is 6.42 Å². The normalized spacial score (nSPS) is 12.4. The van der Waals surface area contributed by atoms with Crippen LogP contribution in [0.3, 0.4) is 0 Å². The van der Waals surface area contributed by atoms with E-state index in [0.717, 1.165) is 34.4 Å². The van der Waals surface area contributed by atoms with Gasteiger partial charge in [0.05, 0.1) is 0 Å². The molecular formula is C18H21BrClN. The number of nitrogens with one attached hydrogen (secondary N) is 1. The molecule has 0 aliphatic rings. The van der Waals surface area contributed by atoms with Gasteiger partial charge in [-0.05, 0) is 55.1 Å². The lowest BCUT2D eigenvalue weighted by Crippen LogP contribution is -2.24. The Morgan fingerprint density at radius 3 is 2.62 bits per heavy atom. The molecule has 0 amide bonds. The average Bonchev–Trinajstić information content (AvgIpc) is 2.46. The smallest absolute Gasteiger partial charge is 0.0465 e. The van der Waals surface area contributed by atoms with Crippen LogP contribution < -0.4 is 5.32 Å². The Kier molecular flexibility index (Phi) is 6.28. The third-order valence-corrected chi connectivity index (χ3v) is 4.48. The average molecular weight is 367 g/mol. The standard InChI is InChI=1S/C18H21BrClN/c1-3-10-21-18(11-14-7-5-4-6-13(14)2)16-9-8-15(19)12-17(16)20/h4-9,12,18,21H,3,10-11H2,1-2H3. The third-order valence-electron chi connectivity index (χ3n) is 3.66. The zero-order valence-corrected chi connectivity index (χ0v) is 14.8. The van der Waals surface area contributed by atoms with Gasteiger partial charge in [0.2, 0.25) is 0 Å². The molecule has 0 spiro atoms. The molecule has 112 valence electrons. The van der Waals surface area contributed by atoms with Gasteiger partial charge in [-0.15, -0.1) is 0 Å². The Balaban J connectivity index is 2.27. The van der Waals surface area contributed by atoms with E-state index in [-0.39, 0.29) is 6.04 Å². The molecule has 1 nitrogen and oxygen atoms in total. The summed E-state index contributed by atoms with van der Waals surface area (Å²) in [7, 11) is 0. The van der Waals surface area contributed by atoms with E-state index >= 15 is 0 Å². The monoisotopic (exact) mass is 365 g/mol. The highest BCUT2D eigenvalue weighted by Gasteiger charge is 2.15. The fourth-order valence-electron chi connectivity index (χ4n) is 2.45. The van der Waals surface area contributed by atoms with E-state index in [1.165, 1.54) is 11.1 Å². The molecule has 1 atom stereocenters. The molecule has 0 saturated carbocycles. The van der Waals surface area contributed by atoms with E-state index in [2.05, 4.69) is 71.5 Å². The highest BCUT2D eigenvalue weighted by atomic mass is 79.9. The highest BCUT2D eigenvalue weighted by molar-refractivity contribution is 9.10. The van der Waals surface area contributed by atoms with E-state index in [0.29, 0.717) is 0 Å². The van der Waals surface area contributed by atoms with Crippen molar-refractivity contribution in [2.45, 2.75) is 32.7 Å². The van der Waals surface area contributed by atoms with Crippen LogP contribution in [0.4, 0.5) is 0 Å². The third kappa shape index (κ3) is 4.57. The molecule has 21 heavy (non-hydrogen) atoms. The van der Waals surface area contributed by atoms with E-state index in [1.807, 2.05) is 6.07 Å². The number of hydrogen-bond donors (Lipinski definition) is 1. The Bertz CT molecular complexity index is 598. The molecule has 0 bridgehead atoms. The SMILES string of the molecule is CCCNC(Cc1ccccc1C)c1ccc(Br)cc1Cl. The predicted molar refractivity (Wildman–Crippen MR) is 95.1 cm³/mol. The van der Waals surface area contributed by atoms with E-state index in [4.69, 9.17) is 11.6 Å². The molecule has 0 aliphatic carbocycles. The quantitative estimate of drug-likeness (QED) is 0.692. The first-order valence-corrected chi connectivity index (χ1v) is 8.51. The molecule has 1 N–H and O–H groups in total. The highest BCUT2D eigenvalue weighted by Crippen LogP contribution is 2.29. The van der Waals surface area contributed by atoms with E-state index < -0.39 is 0 Å². The maximum atomic E-state index is 6.44. The predicted octanol–water partition coefficient (Wildman–Crippen LogP) is 5.69. The van der Waals surface area contributed by atoms with Crippen LogP contribution in [0.1, 0.15) is 36.1 Å². The van der Waals surface area contributed by atoms with Crippen LogP contribution in [0.2, 0.25) is 5.02 Å². The van der Waals surface area contributed by atoms with Crippen molar-refractivity contribution in [3.8, 4) is 0 Å². The Labute approximate surface area is 140 Å². The molecule has 3 heteroatoms. The minimum atomic E-state index is 0.242. The fourth-order valence-corrected chi connectivity index (χ4v) is 3.26. The fraction of sp³-hybridized carbons (Fsp3) is 0.333. The minimum absolute atomic E-state index is 0.242. The zero-order chi connectivity index (χ0) is 15.2. The summed E-state index contributed by atoms with van der Waals surface area (Å²) in [6.07, 6.45) is 2.06. The Morgan fingerprint density at radius 2 is 1.95 bits per heavy atom. The minimum Gasteiger partial charge on any atom is -0.310 e. The van der Waals surface area contributed by atoms with Crippen LogP contribution in [0.5, 0.6) is 0 Å². The van der Waals surface area contributed by atoms with E-state index in [9.17, 15) is 0 Å². The van der Waals surface area contributed by atoms with Crippen molar-refractivity contribution < 1.29 is 0 Å². The summed E-state index contributed by atoms with van der Waals surface area (Å²) in [6, 6.07) is 14.9. The van der Waals surface area contributed by atoms with Gasteiger partial charge in [0.15, 0.2) is 0 Å².